The summed E-state index contributed by atoms with van der Waals surface area (Å²) in [6.07, 6.45) is 30.1. The van der Waals surface area contributed by atoms with E-state index in [9.17, 15) is 38.7 Å². The second-order valence-corrected chi connectivity index (χ2v) is 35.7. The van der Waals surface area contributed by atoms with Gasteiger partial charge < -0.3 is 71.2 Å². The number of carboxylic acids is 2. The average molecular weight is 1700 g/mol. The Labute approximate surface area is 704 Å². The minimum absolute atomic E-state index is 0. The Morgan fingerprint density at radius 1 is 0.509 bits per heavy atom. The van der Waals surface area contributed by atoms with Crippen LogP contribution in [-0.2, 0) is 52.7 Å². The lowest BCUT2D eigenvalue weighted by Crippen LogP contribution is -2.57. The molecular formula is C91H152IN11O11. The van der Waals surface area contributed by atoms with Crippen molar-refractivity contribution in [3.63, 3.8) is 0 Å². The molecule has 644 valence electrons. The van der Waals surface area contributed by atoms with Crippen LogP contribution >= 0.6 is 24.0 Å². The van der Waals surface area contributed by atoms with Crippen molar-refractivity contribution in [3.05, 3.63) is 108 Å². The van der Waals surface area contributed by atoms with Gasteiger partial charge in [-0.15, -0.1) is 24.0 Å². The zero-order chi connectivity index (χ0) is 80.7. The topological polar surface area (TPSA) is 272 Å². The number of benzene rings is 3. The number of nitrogens with zero attached hydrogens (tertiary/aromatic N) is 6. The minimum Gasteiger partial charge on any atom is -0.480 e. The monoisotopic (exact) mass is 1700 g/mol. The van der Waals surface area contributed by atoms with E-state index in [2.05, 4.69) is 137 Å². The normalized spacial score (nSPS) is 23.8. The summed E-state index contributed by atoms with van der Waals surface area (Å²) < 4.78 is 10.1. The van der Waals surface area contributed by atoms with Crippen LogP contribution in [0.15, 0.2) is 91.0 Å². The van der Waals surface area contributed by atoms with Gasteiger partial charge in [0.2, 0.25) is 17.7 Å². The quantitative estimate of drug-likeness (QED) is 0.0488. The highest BCUT2D eigenvalue weighted by molar-refractivity contribution is 14.0. The van der Waals surface area contributed by atoms with Gasteiger partial charge in [0.05, 0.1) is 12.1 Å². The maximum Gasteiger partial charge on any atom is 0.410 e. The molecule has 22 nitrogen and oxygen atoms in total. The standard InChI is InChI=1S/C28H44N4O2.C24H37N3O.C16H24N2.C13H23NO4.C9H17NO4.CH4.HI.H2/c1-21(29-2)27(33)30-26(24-12-7-4-8-13-24)28(34)32-19-16-23-14-9-17-31(20-25(23)32)18-15-22-10-5-3-6-11-22;25-23(21-10-5-2-6-11-21)24(28)27-17-14-20-12-7-15-26(18-22(20)27)16-13-19-8-3-1-4-9-19;1-2-5-14(6-3-1)9-12-18-11-4-7-15-8-10-17-16(15)13-18;1-13(2,3)18-12(17)14-10(11(15)16)9-7-5-4-6-8-9;1-6(7(11)12)10(5)8(13)14-9(2,3)4;;;/h3,5-6,10-11,21,23-26,29H,4,7-9,12-20H2,1-2H3,(H,30,33);1,3-4,8-9,20-23H,2,5-7,10-18,25H2;1-3,5-6,15-17H,4,7-13H2;9-10H,4-8H2,1-3H3,(H,14,17)(H,15,16);6H,1-5H3,(H,11,12);1H4;2*1H/t21-,23+,25+,26-;20-,22-,23+;15-,16-;10-;6-;;;/m01101.../s1. The number of hydrogen-bond acceptors (Lipinski definition) is 15. The minimum atomic E-state index is -1.06. The lowest BCUT2D eigenvalue weighted by molar-refractivity contribution is -0.142. The highest BCUT2D eigenvalue weighted by atomic mass is 127. The molecule has 0 unspecified atom stereocenters. The average Bonchev–Trinajstić information content (AvgIpc) is 1.60. The van der Waals surface area contributed by atoms with Crippen LogP contribution in [0, 0.1) is 35.5 Å². The van der Waals surface area contributed by atoms with Gasteiger partial charge in [0, 0.05) is 79.0 Å². The van der Waals surface area contributed by atoms with E-state index >= 15 is 0 Å². The van der Waals surface area contributed by atoms with Crippen LogP contribution in [-0.4, -0.2) is 234 Å². The molecule has 6 saturated heterocycles. The van der Waals surface area contributed by atoms with E-state index in [1.54, 1.807) is 48.6 Å². The zero-order valence-corrected chi connectivity index (χ0v) is 72.9. The summed E-state index contributed by atoms with van der Waals surface area (Å²) in [5.74, 6) is 1.20. The Bertz CT molecular complexity index is 3300. The van der Waals surface area contributed by atoms with Gasteiger partial charge >= 0.3 is 24.1 Å². The van der Waals surface area contributed by atoms with Crippen molar-refractivity contribution in [2.75, 3.05) is 92.6 Å². The molecule has 23 heteroatoms. The lowest BCUT2D eigenvalue weighted by atomic mass is 9.83. The van der Waals surface area contributed by atoms with Gasteiger partial charge in [-0.2, -0.15) is 0 Å². The fourth-order valence-electron chi connectivity index (χ4n) is 18.4. The van der Waals surface area contributed by atoms with Crippen molar-refractivity contribution in [2.45, 2.75) is 296 Å². The summed E-state index contributed by atoms with van der Waals surface area (Å²) in [4.78, 5) is 98.1. The second-order valence-electron chi connectivity index (χ2n) is 35.7. The molecule has 3 aromatic carbocycles. The summed E-state index contributed by atoms with van der Waals surface area (Å²) in [6, 6.07) is 31.1. The smallest absolute Gasteiger partial charge is 0.410 e. The molecule has 3 aliphatic carbocycles. The maximum absolute atomic E-state index is 14.0. The Balaban J connectivity index is 0.000000264. The fraction of sp³-hybridized carbons (Fsp3) is 0.725. The predicted octanol–water partition coefficient (Wildman–Crippen LogP) is 14.3. The first-order valence-electron chi connectivity index (χ1n) is 43.4. The van der Waals surface area contributed by atoms with Crippen LogP contribution in [0.25, 0.3) is 0 Å². The van der Waals surface area contributed by atoms with Crippen molar-refractivity contribution >= 4 is 65.8 Å². The van der Waals surface area contributed by atoms with Crippen LogP contribution in [0.4, 0.5) is 9.59 Å². The van der Waals surface area contributed by atoms with Crippen LogP contribution in [0.1, 0.15) is 235 Å². The molecule has 6 heterocycles. The molecule has 0 aromatic heterocycles. The maximum atomic E-state index is 14.0. The Morgan fingerprint density at radius 2 is 0.912 bits per heavy atom. The predicted molar refractivity (Wildman–Crippen MR) is 469 cm³/mol. The van der Waals surface area contributed by atoms with E-state index in [0.717, 1.165) is 159 Å². The SMILES string of the molecule is C.CC(C)(C)OC(=O)N[C@H](C(=O)O)C1CCCCC1.CN[C@@H](C)C(=O)N[C@H](C(=O)N1CC[C@H]2CCCN(CCc3ccccc3)C[C@H]21)C1CCCCC1.C[C@H](C(=O)O)N(C)C(=O)OC(C)(C)C.I.N[C@H](C(=O)N1CC[C@H]2CCCN(CCc3ccccc3)C[C@H]21)C1CCCCC1.[HH].c1ccc(CCN2CCC[C@@H]3CCN[C@@H]3C2)cc1. The van der Waals surface area contributed by atoms with E-state index in [1.807, 2.05) is 6.92 Å². The fourth-order valence-corrected chi connectivity index (χ4v) is 18.4. The number of nitrogens with two attached hydrogens (primary N) is 1. The molecular weight excluding hydrogens is 1550 g/mol. The van der Waals surface area contributed by atoms with Crippen molar-refractivity contribution in [1.82, 2.24) is 50.7 Å². The number of hydrogen-bond donors (Lipinski definition) is 7. The first-order chi connectivity index (χ1) is 53.6. The van der Waals surface area contributed by atoms with Gasteiger partial charge in [-0.25, -0.2) is 19.2 Å². The Morgan fingerprint density at radius 3 is 1.32 bits per heavy atom. The number of ether oxygens (including phenoxy) is 2. The molecule has 8 N–H and O–H groups in total. The number of fused-ring (bicyclic) bond motifs is 3. The molecule has 12 rings (SSSR count). The molecule has 3 saturated carbocycles. The van der Waals surface area contributed by atoms with E-state index in [4.69, 9.17) is 20.3 Å². The van der Waals surface area contributed by atoms with Gasteiger partial charge in [-0.05, 0) is 256 Å². The van der Waals surface area contributed by atoms with Crippen LogP contribution < -0.4 is 27.0 Å². The third kappa shape index (κ3) is 32.1. The van der Waals surface area contributed by atoms with E-state index in [0.29, 0.717) is 23.8 Å². The number of carbonyl (C=O) groups is 7. The van der Waals surface area contributed by atoms with Crippen molar-refractivity contribution in [1.29, 1.82) is 0 Å². The van der Waals surface area contributed by atoms with E-state index in [1.165, 1.54) is 140 Å². The lowest BCUT2D eigenvalue weighted by Gasteiger charge is -2.37. The summed E-state index contributed by atoms with van der Waals surface area (Å²) in [5, 5.41) is 30.2. The molecule has 9 aliphatic rings. The summed E-state index contributed by atoms with van der Waals surface area (Å²) in [7, 11) is 3.19. The molecule has 6 aliphatic heterocycles. The molecule has 0 spiro atoms. The number of carboxylic acid groups (broad SMARTS) is 2. The van der Waals surface area contributed by atoms with Gasteiger partial charge in [0.25, 0.3) is 0 Å². The first kappa shape index (κ1) is 96.9. The van der Waals surface area contributed by atoms with Crippen molar-refractivity contribution in [2.24, 2.45) is 41.2 Å². The number of likely N-dealkylation sites (N-methyl/N-ethyl adjacent to an activating group) is 2. The van der Waals surface area contributed by atoms with Gasteiger partial charge in [0.1, 0.15) is 29.3 Å². The molecule has 3 aromatic rings. The highest BCUT2D eigenvalue weighted by Gasteiger charge is 2.45. The number of aliphatic carboxylic acids is 2. The summed E-state index contributed by atoms with van der Waals surface area (Å²) in [5.41, 5.74) is 9.53. The van der Waals surface area contributed by atoms with Crippen molar-refractivity contribution in [3.8, 4) is 0 Å². The van der Waals surface area contributed by atoms with E-state index in [-0.39, 0.29) is 86.6 Å². The highest BCUT2D eigenvalue weighted by Crippen LogP contribution is 2.37. The number of likely N-dealkylation sites (tertiary alicyclic amines) is 5. The number of rotatable bonds is 21. The first-order valence-corrected chi connectivity index (χ1v) is 43.4. The molecule has 114 heavy (non-hydrogen) atoms. The summed E-state index contributed by atoms with van der Waals surface area (Å²) >= 11 is 0. The van der Waals surface area contributed by atoms with Crippen LogP contribution in [0.2, 0.25) is 0 Å². The number of amides is 5. The largest absolute Gasteiger partial charge is 0.480 e. The van der Waals surface area contributed by atoms with Gasteiger partial charge in [0.15, 0.2) is 0 Å². The number of carbonyl (C=O) groups excluding carboxylic acids is 5. The molecule has 11 atom stereocenters. The van der Waals surface area contributed by atoms with Gasteiger partial charge in [-0.3, -0.25) is 19.3 Å². The molecule has 5 amide bonds. The van der Waals surface area contributed by atoms with Gasteiger partial charge in [-0.1, -0.05) is 156 Å². The third-order valence-corrected chi connectivity index (χ3v) is 25.2. The molecule has 0 bridgehead atoms. The number of alkyl carbamates (subject to hydrolysis) is 1. The van der Waals surface area contributed by atoms with Crippen LogP contribution in [0.3, 0.4) is 0 Å². The van der Waals surface area contributed by atoms with E-state index < -0.39 is 47.4 Å². The molecule has 9 fully saturated rings. The summed E-state index contributed by atoms with van der Waals surface area (Å²) in [6.45, 7) is 26.9. The third-order valence-electron chi connectivity index (χ3n) is 25.2. The zero-order valence-electron chi connectivity index (χ0n) is 70.6. The Kier molecular flexibility index (Phi) is 42.0. The Hall–Kier alpha value is -5.96. The second kappa shape index (κ2) is 49.4. The number of halogens is 1. The van der Waals surface area contributed by atoms with Crippen LogP contribution in [0.5, 0.6) is 0 Å². The molecule has 0 radical (unpaired) electrons. The number of nitrogens with one attached hydrogen (secondary N) is 4. The van der Waals surface area contributed by atoms with Crippen molar-refractivity contribution < 1.29 is 54.7 Å².